The number of hydrogen-bond acceptors (Lipinski definition) is 4. The van der Waals surface area contributed by atoms with Gasteiger partial charge in [0.1, 0.15) is 5.03 Å². The van der Waals surface area contributed by atoms with E-state index >= 15 is 0 Å². The van der Waals surface area contributed by atoms with Gasteiger partial charge in [-0.1, -0.05) is 36.4 Å². The SMILES string of the molecule is Cc1nn(-c2ccccc2)c2c1[C@H]1c3cc4ccccc4nc3SC[C@H]1CO2. The van der Waals surface area contributed by atoms with E-state index in [1.54, 1.807) is 0 Å². The van der Waals surface area contributed by atoms with Gasteiger partial charge in [0.2, 0.25) is 5.88 Å². The van der Waals surface area contributed by atoms with Gasteiger partial charge in [-0.3, -0.25) is 0 Å². The van der Waals surface area contributed by atoms with E-state index < -0.39 is 0 Å². The highest BCUT2D eigenvalue weighted by molar-refractivity contribution is 7.99. The van der Waals surface area contributed by atoms with Gasteiger partial charge in [0.05, 0.1) is 23.5 Å². The molecule has 4 nitrogen and oxygen atoms in total. The standard InChI is InChI=1S/C23H19N3OS/c1-14-20-21-16(12-27-23(20)26(25-14)17-8-3-2-4-9-17)13-28-22-18(21)11-15-7-5-6-10-19(15)24-22/h2-11,16,21H,12-13H2,1H3/t16-,21-/m1/s1. The molecule has 2 aromatic carbocycles. The Morgan fingerprint density at radius 2 is 1.89 bits per heavy atom. The van der Waals surface area contributed by atoms with Crippen LogP contribution in [0, 0.1) is 12.8 Å². The molecule has 0 amide bonds. The number of para-hydroxylation sites is 2. The minimum Gasteiger partial charge on any atom is -0.477 e. The van der Waals surface area contributed by atoms with Crippen LogP contribution in [-0.4, -0.2) is 27.1 Å². The Balaban J connectivity index is 1.57. The molecule has 2 aliphatic heterocycles. The number of hydrogen-bond donors (Lipinski definition) is 0. The molecule has 0 saturated heterocycles. The summed E-state index contributed by atoms with van der Waals surface area (Å²) in [6.45, 7) is 2.81. The highest BCUT2D eigenvalue weighted by Gasteiger charge is 2.41. The summed E-state index contributed by atoms with van der Waals surface area (Å²) in [5, 5.41) is 7.20. The molecule has 2 atom stereocenters. The van der Waals surface area contributed by atoms with E-state index in [-0.39, 0.29) is 5.92 Å². The number of rotatable bonds is 1. The molecule has 0 unspecified atom stereocenters. The van der Waals surface area contributed by atoms with Gasteiger partial charge in [0.25, 0.3) is 0 Å². The Morgan fingerprint density at radius 3 is 2.79 bits per heavy atom. The number of fused-ring (bicyclic) bond motifs is 6. The van der Waals surface area contributed by atoms with E-state index in [1.807, 2.05) is 34.6 Å². The summed E-state index contributed by atoms with van der Waals surface area (Å²) in [5.41, 5.74) is 5.68. The Kier molecular flexibility index (Phi) is 3.53. The van der Waals surface area contributed by atoms with Gasteiger partial charge in [-0.25, -0.2) is 9.67 Å². The summed E-state index contributed by atoms with van der Waals surface area (Å²) in [7, 11) is 0. The van der Waals surface area contributed by atoms with Crippen molar-refractivity contribution in [1.29, 1.82) is 0 Å². The van der Waals surface area contributed by atoms with Gasteiger partial charge in [0.15, 0.2) is 0 Å². The summed E-state index contributed by atoms with van der Waals surface area (Å²) in [5.74, 6) is 2.64. The third-order valence-corrected chi connectivity index (χ3v) is 6.96. The van der Waals surface area contributed by atoms with Crippen LogP contribution in [0.4, 0.5) is 0 Å². The van der Waals surface area contributed by atoms with E-state index in [9.17, 15) is 0 Å². The van der Waals surface area contributed by atoms with Gasteiger partial charge in [-0.2, -0.15) is 5.10 Å². The van der Waals surface area contributed by atoms with Crippen LogP contribution in [0.3, 0.4) is 0 Å². The van der Waals surface area contributed by atoms with Crippen LogP contribution in [0.1, 0.15) is 22.7 Å². The molecule has 4 heterocycles. The molecular weight excluding hydrogens is 366 g/mol. The van der Waals surface area contributed by atoms with E-state index in [2.05, 4.69) is 49.4 Å². The maximum atomic E-state index is 6.27. The van der Waals surface area contributed by atoms with Gasteiger partial charge in [-0.15, -0.1) is 11.8 Å². The number of benzene rings is 2. The normalized spacial score (nSPS) is 20.2. The molecule has 6 rings (SSSR count). The number of pyridine rings is 1. The van der Waals surface area contributed by atoms with Gasteiger partial charge >= 0.3 is 0 Å². The summed E-state index contributed by atoms with van der Waals surface area (Å²) in [6.07, 6.45) is 0. The summed E-state index contributed by atoms with van der Waals surface area (Å²) < 4.78 is 8.22. The number of aromatic nitrogens is 3. The fourth-order valence-corrected chi connectivity index (χ4v) is 5.65. The molecule has 0 spiro atoms. The van der Waals surface area contributed by atoms with Crippen LogP contribution in [0.15, 0.2) is 65.7 Å². The highest BCUT2D eigenvalue weighted by Crippen LogP contribution is 2.50. The van der Waals surface area contributed by atoms with Crippen LogP contribution in [0.2, 0.25) is 0 Å². The van der Waals surface area contributed by atoms with Crippen LogP contribution in [0.25, 0.3) is 16.6 Å². The number of nitrogens with zero attached hydrogens (tertiary/aromatic N) is 3. The first-order valence-electron chi connectivity index (χ1n) is 9.60. The maximum absolute atomic E-state index is 6.27. The smallest absolute Gasteiger partial charge is 0.220 e. The second-order valence-electron chi connectivity index (χ2n) is 7.49. The lowest BCUT2D eigenvalue weighted by atomic mass is 9.80. The monoisotopic (exact) mass is 385 g/mol. The van der Waals surface area contributed by atoms with Crippen molar-refractivity contribution >= 4 is 22.7 Å². The second-order valence-corrected chi connectivity index (χ2v) is 8.50. The van der Waals surface area contributed by atoms with Gasteiger partial charge in [0, 0.05) is 28.5 Å². The third kappa shape index (κ3) is 2.32. The lowest BCUT2D eigenvalue weighted by molar-refractivity contribution is 0.205. The first kappa shape index (κ1) is 16.2. The Labute approximate surface area is 167 Å². The van der Waals surface area contributed by atoms with E-state index in [4.69, 9.17) is 14.8 Å². The minimum atomic E-state index is 0.287. The first-order valence-corrected chi connectivity index (χ1v) is 10.6. The van der Waals surface area contributed by atoms with Crippen molar-refractivity contribution in [2.24, 2.45) is 5.92 Å². The molecular formula is C23H19N3OS. The average Bonchev–Trinajstić information content (AvgIpc) is 3.09. The van der Waals surface area contributed by atoms with Crippen molar-refractivity contribution < 1.29 is 4.74 Å². The lowest BCUT2D eigenvalue weighted by Crippen LogP contribution is -2.32. The van der Waals surface area contributed by atoms with E-state index in [0.717, 1.165) is 40.2 Å². The number of thioether (sulfide) groups is 1. The molecule has 0 bridgehead atoms. The molecule has 138 valence electrons. The van der Waals surface area contributed by atoms with Crippen molar-refractivity contribution in [3.05, 3.63) is 77.5 Å². The van der Waals surface area contributed by atoms with Crippen LogP contribution in [0.5, 0.6) is 5.88 Å². The molecule has 0 saturated carbocycles. The molecule has 28 heavy (non-hydrogen) atoms. The highest BCUT2D eigenvalue weighted by atomic mass is 32.2. The van der Waals surface area contributed by atoms with Crippen molar-refractivity contribution in [2.45, 2.75) is 17.9 Å². The predicted octanol–water partition coefficient (Wildman–Crippen LogP) is 4.98. The van der Waals surface area contributed by atoms with E-state index in [0.29, 0.717) is 5.92 Å². The topological polar surface area (TPSA) is 39.9 Å². The predicted molar refractivity (Wildman–Crippen MR) is 112 cm³/mol. The average molecular weight is 385 g/mol. The zero-order valence-electron chi connectivity index (χ0n) is 15.5. The Morgan fingerprint density at radius 1 is 1.07 bits per heavy atom. The van der Waals surface area contributed by atoms with Crippen molar-refractivity contribution in [3.8, 4) is 11.6 Å². The summed E-state index contributed by atoms with van der Waals surface area (Å²) in [4.78, 5) is 4.97. The quantitative estimate of drug-likeness (QED) is 0.464. The molecule has 2 aromatic heterocycles. The summed E-state index contributed by atoms with van der Waals surface area (Å²) in [6, 6.07) is 20.9. The van der Waals surface area contributed by atoms with Crippen molar-refractivity contribution in [3.63, 3.8) is 0 Å². The fraction of sp³-hybridized carbons (Fsp3) is 0.217. The molecule has 0 fully saturated rings. The Bertz CT molecular complexity index is 1200. The van der Waals surface area contributed by atoms with Gasteiger partial charge in [-0.05, 0) is 36.8 Å². The third-order valence-electron chi connectivity index (χ3n) is 5.77. The first-order chi connectivity index (χ1) is 13.8. The van der Waals surface area contributed by atoms with Crippen LogP contribution >= 0.6 is 11.8 Å². The van der Waals surface area contributed by atoms with Crippen LogP contribution < -0.4 is 4.74 Å². The molecule has 4 aromatic rings. The minimum absolute atomic E-state index is 0.287. The van der Waals surface area contributed by atoms with Crippen LogP contribution in [-0.2, 0) is 0 Å². The molecule has 0 N–H and O–H groups in total. The molecule has 0 aliphatic carbocycles. The van der Waals surface area contributed by atoms with Gasteiger partial charge < -0.3 is 4.74 Å². The second kappa shape index (κ2) is 6.11. The van der Waals surface area contributed by atoms with Crippen molar-refractivity contribution in [2.75, 3.05) is 12.4 Å². The maximum Gasteiger partial charge on any atom is 0.220 e. The number of ether oxygens (including phenoxy) is 1. The largest absolute Gasteiger partial charge is 0.477 e. The molecule has 2 aliphatic rings. The zero-order valence-corrected chi connectivity index (χ0v) is 16.3. The lowest BCUT2D eigenvalue weighted by Gasteiger charge is -2.36. The van der Waals surface area contributed by atoms with E-state index in [1.165, 1.54) is 16.5 Å². The molecule has 5 heteroatoms. The summed E-state index contributed by atoms with van der Waals surface area (Å²) >= 11 is 1.85. The Hall–Kier alpha value is -2.79. The zero-order chi connectivity index (χ0) is 18.7. The number of aryl methyl sites for hydroxylation is 1. The fourth-order valence-electron chi connectivity index (χ4n) is 4.47. The molecule has 0 radical (unpaired) electrons. The van der Waals surface area contributed by atoms with Crippen molar-refractivity contribution in [1.82, 2.24) is 14.8 Å².